The lowest BCUT2D eigenvalue weighted by Gasteiger charge is -2.33. The van der Waals surface area contributed by atoms with E-state index in [0.717, 1.165) is 40.5 Å². The van der Waals surface area contributed by atoms with Crippen molar-refractivity contribution >= 4 is 17.0 Å². The number of hydrogen-bond acceptors (Lipinski definition) is 4. The van der Waals surface area contributed by atoms with Gasteiger partial charge >= 0.3 is 0 Å². The third kappa shape index (κ3) is 3.96. The van der Waals surface area contributed by atoms with Crippen LogP contribution in [-0.2, 0) is 13.6 Å². The number of nitrogens with zero attached hydrogens (tertiary/aromatic N) is 3. The third-order valence-electron chi connectivity index (χ3n) is 5.35. The first-order chi connectivity index (χ1) is 14.6. The first-order valence-corrected chi connectivity index (χ1v) is 10.1. The predicted octanol–water partition coefficient (Wildman–Crippen LogP) is 5.89. The molecule has 1 unspecified atom stereocenters. The number of rotatable bonds is 8. The summed E-state index contributed by atoms with van der Waals surface area (Å²) in [7, 11) is 3.74. The number of aromatic nitrogens is 2. The Labute approximate surface area is 177 Å². The average molecular weight is 402 g/mol. The average Bonchev–Trinajstić information content (AvgIpc) is 3.39. The predicted molar refractivity (Wildman–Crippen MR) is 121 cm³/mol. The van der Waals surface area contributed by atoms with Gasteiger partial charge in [-0.1, -0.05) is 29.8 Å². The van der Waals surface area contributed by atoms with Crippen molar-refractivity contribution < 1.29 is 9.15 Å². The minimum Gasteiger partial charge on any atom is -0.497 e. The summed E-state index contributed by atoms with van der Waals surface area (Å²) in [6.45, 7) is 6.86. The molecule has 0 aliphatic rings. The standard InChI is InChI=1S/C25H27N3O2/c1-18(2)16-24(19-11-13-20(29-4)14-12-19)28(17-21-8-7-15-30-21)25-26-22-9-5-6-10-23(22)27(25)3/h5-15,24H,1,16-17H2,2-4H3. The van der Waals surface area contributed by atoms with Crippen LogP contribution in [0.1, 0.15) is 30.7 Å². The maximum absolute atomic E-state index is 5.71. The normalized spacial score (nSPS) is 12.1. The van der Waals surface area contributed by atoms with Gasteiger partial charge < -0.3 is 18.6 Å². The number of para-hydroxylation sites is 2. The van der Waals surface area contributed by atoms with Crippen molar-refractivity contribution in [3.05, 3.63) is 90.4 Å². The van der Waals surface area contributed by atoms with Gasteiger partial charge in [0.2, 0.25) is 5.95 Å². The van der Waals surface area contributed by atoms with E-state index in [1.54, 1.807) is 13.4 Å². The van der Waals surface area contributed by atoms with E-state index in [0.29, 0.717) is 6.54 Å². The smallest absolute Gasteiger partial charge is 0.207 e. The molecule has 4 aromatic rings. The summed E-state index contributed by atoms with van der Waals surface area (Å²) in [6, 6.07) is 20.4. The molecule has 2 aromatic carbocycles. The molecule has 0 radical (unpaired) electrons. The van der Waals surface area contributed by atoms with E-state index < -0.39 is 0 Å². The lowest BCUT2D eigenvalue weighted by Crippen LogP contribution is -2.30. The molecule has 2 aromatic heterocycles. The summed E-state index contributed by atoms with van der Waals surface area (Å²) in [5.41, 5.74) is 4.36. The van der Waals surface area contributed by atoms with Gasteiger partial charge in [0.25, 0.3) is 0 Å². The first-order valence-electron chi connectivity index (χ1n) is 10.1. The molecule has 0 aliphatic carbocycles. The molecule has 5 nitrogen and oxygen atoms in total. The van der Waals surface area contributed by atoms with Crippen molar-refractivity contribution in [1.82, 2.24) is 9.55 Å². The highest BCUT2D eigenvalue weighted by atomic mass is 16.5. The highest BCUT2D eigenvalue weighted by Crippen LogP contribution is 2.35. The lowest BCUT2D eigenvalue weighted by molar-refractivity contribution is 0.414. The molecule has 1 atom stereocenters. The minimum atomic E-state index is 0.0500. The lowest BCUT2D eigenvalue weighted by atomic mass is 9.98. The molecule has 0 bridgehead atoms. The highest BCUT2D eigenvalue weighted by Gasteiger charge is 2.26. The van der Waals surface area contributed by atoms with Gasteiger partial charge in [0.1, 0.15) is 11.5 Å². The number of methoxy groups -OCH3 is 1. The topological polar surface area (TPSA) is 43.4 Å². The van der Waals surface area contributed by atoms with Crippen LogP contribution in [0.5, 0.6) is 5.75 Å². The summed E-state index contributed by atoms with van der Waals surface area (Å²) < 4.78 is 13.2. The Morgan fingerprint density at radius 2 is 1.90 bits per heavy atom. The fourth-order valence-electron chi connectivity index (χ4n) is 3.84. The zero-order chi connectivity index (χ0) is 21.1. The zero-order valence-electron chi connectivity index (χ0n) is 17.7. The molecule has 0 saturated carbocycles. The molecule has 0 N–H and O–H groups in total. The minimum absolute atomic E-state index is 0.0500. The fraction of sp³-hybridized carbons (Fsp3) is 0.240. The van der Waals surface area contributed by atoms with Crippen LogP contribution in [0.25, 0.3) is 11.0 Å². The second-order valence-electron chi connectivity index (χ2n) is 7.62. The molecule has 2 heterocycles. The van der Waals surface area contributed by atoms with Gasteiger partial charge in [-0.25, -0.2) is 4.98 Å². The van der Waals surface area contributed by atoms with Crippen LogP contribution >= 0.6 is 0 Å². The molecule has 30 heavy (non-hydrogen) atoms. The molecule has 5 heteroatoms. The van der Waals surface area contributed by atoms with Crippen LogP contribution in [-0.4, -0.2) is 16.7 Å². The van der Waals surface area contributed by atoms with Crippen LogP contribution in [0.2, 0.25) is 0 Å². The molecule has 0 aliphatic heterocycles. The number of anilines is 1. The Hall–Kier alpha value is -3.47. The summed E-state index contributed by atoms with van der Waals surface area (Å²) >= 11 is 0. The van der Waals surface area contributed by atoms with E-state index in [1.165, 1.54) is 5.56 Å². The van der Waals surface area contributed by atoms with Gasteiger partial charge in [-0.2, -0.15) is 0 Å². The van der Waals surface area contributed by atoms with Crippen molar-refractivity contribution in [3.8, 4) is 5.75 Å². The van der Waals surface area contributed by atoms with Crippen molar-refractivity contribution in [2.45, 2.75) is 25.9 Å². The van der Waals surface area contributed by atoms with Crippen LogP contribution in [0.3, 0.4) is 0 Å². The van der Waals surface area contributed by atoms with Crippen LogP contribution < -0.4 is 9.64 Å². The van der Waals surface area contributed by atoms with Crippen LogP contribution in [0, 0.1) is 0 Å². The number of imidazole rings is 1. The SMILES string of the molecule is C=C(C)CC(c1ccc(OC)cc1)N(Cc1ccco1)c1nc2ccccc2n1C. The summed E-state index contributed by atoms with van der Waals surface area (Å²) in [6.07, 6.45) is 2.51. The molecular weight excluding hydrogens is 374 g/mol. The molecule has 154 valence electrons. The summed E-state index contributed by atoms with van der Waals surface area (Å²) in [4.78, 5) is 7.27. The second-order valence-corrected chi connectivity index (χ2v) is 7.62. The van der Waals surface area contributed by atoms with Crippen molar-refractivity contribution in [3.63, 3.8) is 0 Å². The number of ether oxygens (including phenoxy) is 1. The summed E-state index contributed by atoms with van der Waals surface area (Å²) in [5.74, 6) is 2.63. The number of benzene rings is 2. The Balaban J connectivity index is 1.84. The maximum atomic E-state index is 5.71. The van der Waals surface area contributed by atoms with Crippen LogP contribution in [0.15, 0.2) is 83.5 Å². The Kier molecular flexibility index (Phi) is 5.61. The Morgan fingerprint density at radius 1 is 1.13 bits per heavy atom. The van der Waals surface area contributed by atoms with Gasteiger partial charge in [-0.05, 0) is 55.3 Å². The molecular formula is C25H27N3O2. The molecule has 4 rings (SSSR count). The van der Waals surface area contributed by atoms with Gasteiger partial charge in [-0.15, -0.1) is 6.58 Å². The quantitative estimate of drug-likeness (QED) is 0.345. The summed E-state index contributed by atoms with van der Waals surface area (Å²) in [5, 5.41) is 0. The van der Waals surface area contributed by atoms with E-state index in [2.05, 4.69) is 48.2 Å². The van der Waals surface area contributed by atoms with Gasteiger partial charge in [0.15, 0.2) is 0 Å². The molecule has 0 spiro atoms. The highest BCUT2D eigenvalue weighted by molar-refractivity contribution is 5.78. The zero-order valence-corrected chi connectivity index (χ0v) is 17.7. The molecule has 0 saturated heterocycles. The largest absolute Gasteiger partial charge is 0.497 e. The van der Waals surface area contributed by atoms with Gasteiger partial charge in [0.05, 0.1) is 37.0 Å². The van der Waals surface area contributed by atoms with E-state index in [1.807, 2.05) is 42.5 Å². The van der Waals surface area contributed by atoms with Crippen molar-refractivity contribution in [1.29, 1.82) is 0 Å². The van der Waals surface area contributed by atoms with Crippen molar-refractivity contribution in [2.75, 3.05) is 12.0 Å². The molecule has 0 fully saturated rings. The number of fused-ring (bicyclic) bond motifs is 1. The Bertz CT molecular complexity index is 1130. The van der Waals surface area contributed by atoms with Crippen LogP contribution in [0.4, 0.5) is 5.95 Å². The van der Waals surface area contributed by atoms with E-state index in [9.17, 15) is 0 Å². The van der Waals surface area contributed by atoms with E-state index >= 15 is 0 Å². The number of hydrogen-bond donors (Lipinski definition) is 0. The van der Waals surface area contributed by atoms with Crippen molar-refractivity contribution in [2.24, 2.45) is 7.05 Å². The van der Waals surface area contributed by atoms with E-state index in [4.69, 9.17) is 14.1 Å². The van der Waals surface area contributed by atoms with Gasteiger partial charge in [0, 0.05) is 7.05 Å². The number of furan rings is 1. The third-order valence-corrected chi connectivity index (χ3v) is 5.35. The molecule has 0 amide bonds. The second kappa shape index (κ2) is 8.49. The maximum Gasteiger partial charge on any atom is 0.207 e. The van der Waals surface area contributed by atoms with E-state index in [-0.39, 0.29) is 6.04 Å². The first kappa shape index (κ1) is 19.8. The van der Waals surface area contributed by atoms with Gasteiger partial charge in [-0.3, -0.25) is 0 Å². The monoisotopic (exact) mass is 401 g/mol. The fourth-order valence-corrected chi connectivity index (χ4v) is 3.84. The Morgan fingerprint density at radius 3 is 2.53 bits per heavy atom. The number of aryl methyl sites for hydroxylation is 1.